The lowest BCUT2D eigenvalue weighted by Crippen LogP contribution is -2.41. The molecule has 0 spiro atoms. The van der Waals surface area contributed by atoms with Crippen LogP contribution in [-0.2, 0) is 0 Å². The smallest absolute Gasteiger partial charge is 0.253 e. The number of rotatable bonds is 4. The minimum absolute atomic E-state index is 0.0533. The topological polar surface area (TPSA) is 75.1 Å². The molecule has 0 bridgehead atoms. The third kappa shape index (κ3) is 3.70. The van der Waals surface area contributed by atoms with Gasteiger partial charge >= 0.3 is 0 Å². The van der Waals surface area contributed by atoms with Gasteiger partial charge in [0, 0.05) is 18.2 Å². The van der Waals surface area contributed by atoms with Crippen LogP contribution in [0.15, 0.2) is 12.3 Å². The van der Waals surface area contributed by atoms with Crippen molar-refractivity contribution in [1.29, 1.82) is 0 Å². The molecule has 0 atom stereocenters. The molecular formula is C19H25N3O2S. The highest BCUT2D eigenvalue weighted by Crippen LogP contribution is 2.43. The van der Waals surface area contributed by atoms with Gasteiger partial charge in [-0.15, -0.1) is 11.3 Å². The minimum atomic E-state index is -0.630. The van der Waals surface area contributed by atoms with E-state index >= 15 is 0 Å². The van der Waals surface area contributed by atoms with Crippen LogP contribution in [0.3, 0.4) is 0 Å². The zero-order valence-electron chi connectivity index (χ0n) is 14.8. The summed E-state index contributed by atoms with van der Waals surface area (Å²) in [7, 11) is 0. The zero-order chi connectivity index (χ0) is 17.6. The van der Waals surface area contributed by atoms with Gasteiger partial charge in [0.25, 0.3) is 5.91 Å². The molecule has 2 aromatic heterocycles. The van der Waals surface area contributed by atoms with Gasteiger partial charge in [0.05, 0.1) is 20.9 Å². The maximum absolute atomic E-state index is 12.6. The molecule has 6 heteroatoms. The first-order chi connectivity index (χ1) is 11.9. The Balaban J connectivity index is 1.40. The van der Waals surface area contributed by atoms with E-state index in [1.54, 1.807) is 17.5 Å². The fourth-order valence-corrected chi connectivity index (χ4v) is 4.81. The van der Waals surface area contributed by atoms with Gasteiger partial charge in [-0.05, 0) is 64.4 Å². The molecule has 0 saturated heterocycles. The van der Waals surface area contributed by atoms with Crippen molar-refractivity contribution >= 4 is 27.6 Å². The molecule has 4 rings (SSSR count). The largest absolute Gasteiger partial charge is 0.390 e. The van der Waals surface area contributed by atoms with Crippen molar-refractivity contribution in [3.8, 4) is 0 Å². The van der Waals surface area contributed by atoms with E-state index in [9.17, 15) is 9.90 Å². The molecule has 5 nitrogen and oxygen atoms in total. The van der Waals surface area contributed by atoms with E-state index in [0.717, 1.165) is 41.0 Å². The van der Waals surface area contributed by atoms with Crippen molar-refractivity contribution < 1.29 is 9.90 Å². The molecular weight excluding hydrogens is 334 g/mol. The van der Waals surface area contributed by atoms with Gasteiger partial charge in [-0.2, -0.15) is 0 Å². The predicted octanol–water partition coefficient (Wildman–Crippen LogP) is 3.63. The number of amides is 1. The number of carbonyl (C=O) groups is 1. The number of aliphatic hydroxyl groups is 1. The number of thiazole rings is 1. The Labute approximate surface area is 151 Å². The molecule has 2 fully saturated rings. The molecule has 2 aliphatic carbocycles. The van der Waals surface area contributed by atoms with E-state index < -0.39 is 5.60 Å². The summed E-state index contributed by atoms with van der Waals surface area (Å²) in [6, 6.07) is 2.11. The second-order valence-electron chi connectivity index (χ2n) is 8.05. The van der Waals surface area contributed by atoms with Crippen molar-refractivity contribution in [2.45, 2.75) is 69.9 Å². The second-order valence-corrected chi connectivity index (χ2v) is 9.11. The maximum Gasteiger partial charge on any atom is 0.253 e. The van der Waals surface area contributed by atoms with E-state index in [1.807, 2.05) is 19.9 Å². The molecule has 2 N–H and O–H groups in total. The zero-order valence-corrected chi connectivity index (χ0v) is 15.6. The van der Waals surface area contributed by atoms with Gasteiger partial charge in [0.1, 0.15) is 0 Å². The van der Waals surface area contributed by atoms with Crippen LogP contribution in [0.1, 0.15) is 73.7 Å². The minimum Gasteiger partial charge on any atom is -0.390 e. The van der Waals surface area contributed by atoms with Gasteiger partial charge < -0.3 is 10.4 Å². The van der Waals surface area contributed by atoms with Gasteiger partial charge in [0.15, 0.2) is 5.65 Å². The van der Waals surface area contributed by atoms with E-state index in [0.29, 0.717) is 17.4 Å². The number of hydrogen-bond acceptors (Lipinski definition) is 5. The van der Waals surface area contributed by atoms with Crippen molar-refractivity contribution in [3.63, 3.8) is 0 Å². The van der Waals surface area contributed by atoms with E-state index in [2.05, 4.69) is 15.3 Å². The second kappa shape index (κ2) is 6.32. The van der Waals surface area contributed by atoms with Crippen LogP contribution in [0.2, 0.25) is 0 Å². The number of nitrogens with zero attached hydrogens (tertiary/aromatic N) is 2. The summed E-state index contributed by atoms with van der Waals surface area (Å²) < 4.78 is 1.00. The van der Waals surface area contributed by atoms with E-state index in [-0.39, 0.29) is 11.9 Å². The molecule has 2 aromatic rings. The average molecular weight is 359 g/mol. The maximum atomic E-state index is 12.6. The Morgan fingerprint density at radius 1 is 1.24 bits per heavy atom. The van der Waals surface area contributed by atoms with Crippen LogP contribution < -0.4 is 5.32 Å². The number of carbonyl (C=O) groups excluding carboxylic acids is 1. The Kier molecular flexibility index (Phi) is 4.28. The van der Waals surface area contributed by atoms with Gasteiger partial charge in [0.2, 0.25) is 0 Å². The van der Waals surface area contributed by atoms with Crippen LogP contribution in [0.4, 0.5) is 0 Å². The highest BCUT2D eigenvalue weighted by molar-refractivity contribution is 7.18. The molecule has 2 saturated carbocycles. The number of nitrogens with one attached hydrogen (secondary N) is 1. The fraction of sp³-hybridized carbons (Fsp3) is 0.632. The fourth-order valence-electron chi connectivity index (χ4n) is 3.68. The van der Waals surface area contributed by atoms with Gasteiger partial charge in [-0.3, -0.25) is 4.79 Å². The first-order valence-corrected chi connectivity index (χ1v) is 10.0. The Morgan fingerprint density at radius 3 is 2.60 bits per heavy atom. The Morgan fingerprint density at radius 2 is 1.96 bits per heavy atom. The van der Waals surface area contributed by atoms with Gasteiger partial charge in [-0.1, -0.05) is 0 Å². The van der Waals surface area contributed by atoms with Crippen molar-refractivity contribution in [2.75, 3.05) is 0 Å². The summed E-state index contributed by atoms with van der Waals surface area (Å²) in [6.07, 6.45) is 7.82. The van der Waals surface area contributed by atoms with Gasteiger partial charge in [-0.25, -0.2) is 9.97 Å². The standard InChI is InChI=1S/C19H25N3O2S/c1-19(2,24)13-5-7-14(8-6-13)21-17(23)12-9-15-16(20-10-12)22-18(25-15)11-3-4-11/h9-11,13-14,24H,3-8H2,1-2H3,(H,21,23)/t13-,14-. The van der Waals surface area contributed by atoms with Crippen LogP contribution in [0.25, 0.3) is 10.3 Å². The third-order valence-corrected chi connectivity index (χ3v) is 6.67. The molecule has 0 aromatic carbocycles. The SMILES string of the molecule is CC(C)(O)[C@H]1CC[C@H](NC(=O)c2cnc3nc(C4CC4)sc3c2)CC1. The van der Waals surface area contributed by atoms with Crippen molar-refractivity contribution in [2.24, 2.45) is 5.92 Å². The number of aromatic nitrogens is 2. The molecule has 134 valence electrons. The molecule has 2 aliphatic rings. The molecule has 25 heavy (non-hydrogen) atoms. The lowest BCUT2D eigenvalue weighted by Gasteiger charge is -2.36. The van der Waals surface area contributed by atoms with Crippen molar-refractivity contribution in [1.82, 2.24) is 15.3 Å². The summed E-state index contributed by atoms with van der Waals surface area (Å²) in [5.74, 6) is 0.877. The summed E-state index contributed by atoms with van der Waals surface area (Å²) in [4.78, 5) is 21.5. The predicted molar refractivity (Wildman–Crippen MR) is 98.9 cm³/mol. The molecule has 0 radical (unpaired) electrons. The summed E-state index contributed by atoms with van der Waals surface area (Å²) in [6.45, 7) is 3.75. The molecule has 1 amide bonds. The molecule has 0 unspecified atom stereocenters. The third-order valence-electron chi connectivity index (χ3n) is 5.51. The first kappa shape index (κ1) is 16.9. The van der Waals surface area contributed by atoms with Crippen LogP contribution in [0.5, 0.6) is 0 Å². The Bertz CT molecular complexity index is 784. The van der Waals surface area contributed by atoms with Crippen LogP contribution in [0, 0.1) is 5.92 Å². The normalized spacial score (nSPS) is 24.4. The van der Waals surface area contributed by atoms with E-state index in [1.165, 1.54) is 12.8 Å². The molecule has 0 aliphatic heterocycles. The highest BCUT2D eigenvalue weighted by atomic mass is 32.1. The van der Waals surface area contributed by atoms with E-state index in [4.69, 9.17) is 0 Å². The van der Waals surface area contributed by atoms with Crippen LogP contribution in [-0.4, -0.2) is 32.6 Å². The molecule has 2 heterocycles. The highest BCUT2D eigenvalue weighted by Gasteiger charge is 2.32. The monoisotopic (exact) mass is 359 g/mol. The summed E-state index contributed by atoms with van der Waals surface area (Å²) in [5, 5.41) is 14.4. The first-order valence-electron chi connectivity index (χ1n) is 9.20. The lowest BCUT2D eigenvalue weighted by molar-refractivity contribution is -0.00257. The summed E-state index contributed by atoms with van der Waals surface area (Å²) in [5.41, 5.74) is 0.743. The average Bonchev–Trinajstić information content (AvgIpc) is 3.33. The number of fused-ring (bicyclic) bond motifs is 1. The number of hydrogen-bond donors (Lipinski definition) is 2. The summed E-state index contributed by atoms with van der Waals surface area (Å²) >= 11 is 1.67. The number of pyridine rings is 1. The van der Waals surface area contributed by atoms with Crippen molar-refractivity contribution in [3.05, 3.63) is 22.8 Å². The Hall–Kier alpha value is -1.53. The lowest BCUT2D eigenvalue weighted by atomic mass is 9.77. The quantitative estimate of drug-likeness (QED) is 0.874. The van der Waals surface area contributed by atoms with Crippen LogP contribution >= 0.6 is 11.3 Å².